The van der Waals surface area contributed by atoms with Gasteiger partial charge in [0.2, 0.25) is 0 Å². The number of likely N-dealkylation sites (N-methyl/N-ethyl adjacent to an activating group) is 1. The normalized spacial score (nSPS) is 15.7. The van der Waals surface area contributed by atoms with Crippen LogP contribution in [0.1, 0.15) is 46.4 Å². The van der Waals surface area contributed by atoms with Crippen LogP contribution in [-0.2, 0) is 11.8 Å². The van der Waals surface area contributed by atoms with Gasteiger partial charge in [0.25, 0.3) is 0 Å². The van der Waals surface area contributed by atoms with Gasteiger partial charge in [-0.1, -0.05) is 32.9 Å². The van der Waals surface area contributed by atoms with E-state index in [0.717, 1.165) is 12.2 Å². The summed E-state index contributed by atoms with van der Waals surface area (Å²) in [6, 6.07) is 0.106. The highest BCUT2D eigenvalue weighted by Crippen LogP contribution is 2.32. The number of nitrogens with one attached hydrogen (secondary N) is 1. The molecular weight excluding hydrogens is 228 g/mol. The summed E-state index contributed by atoms with van der Waals surface area (Å²) >= 11 is 0. The average Bonchev–Trinajstić information content (AvgIpc) is 2.68. The molecule has 0 saturated carbocycles. The number of hydrogen-bond donors (Lipinski definition) is 1. The van der Waals surface area contributed by atoms with Crippen LogP contribution in [0.2, 0.25) is 0 Å². The molecule has 0 saturated heterocycles. The van der Waals surface area contributed by atoms with Gasteiger partial charge in [-0.15, -0.1) is 5.10 Å². The zero-order valence-electron chi connectivity index (χ0n) is 12.4. The van der Waals surface area contributed by atoms with Crippen molar-refractivity contribution in [1.29, 1.82) is 0 Å². The van der Waals surface area contributed by atoms with E-state index in [4.69, 9.17) is 4.74 Å². The molecule has 0 bridgehead atoms. The summed E-state index contributed by atoms with van der Waals surface area (Å²) < 4.78 is 7.78. The Morgan fingerprint density at radius 3 is 2.44 bits per heavy atom. The van der Waals surface area contributed by atoms with E-state index in [1.54, 1.807) is 0 Å². The maximum absolute atomic E-state index is 5.97. The zero-order valence-corrected chi connectivity index (χ0v) is 12.4. The Bertz CT molecular complexity index is 356. The van der Waals surface area contributed by atoms with Crippen molar-refractivity contribution in [2.24, 2.45) is 12.5 Å². The first kappa shape index (κ1) is 15.1. The van der Waals surface area contributed by atoms with E-state index in [1.165, 1.54) is 0 Å². The number of ether oxygens (including phenoxy) is 1. The molecule has 0 aromatic carbocycles. The van der Waals surface area contributed by atoms with Gasteiger partial charge in [-0.2, -0.15) is 0 Å². The molecule has 0 spiro atoms. The second kappa shape index (κ2) is 6.29. The van der Waals surface area contributed by atoms with E-state index in [9.17, 15) is 0 Å². The second-order valence-electron chi connectivity index (χ2n) is 5.56. The largest absolute Gasteiger partial charge is 0.376 e. The highest BCUT2D eigenvalue weighted by atomic mass is 16.5. The first-order valence-electron chi connectivity index (χ1n) is 6.61. The molecule has 0 amide bonds. The van der Waals surface area contributed by atoms with Crippen molar-refractivity contribution >= 4 is 0 Å². The fraction of sp³-hybridized carbons (Fsp3) is 0.846. The first-order valence-corrected chi connectivity index (χ1v) is 6.61. The minimum absolute atomic E-state index is 0.0487. The third-order valence-electron chi connectivity index (χ3n) is 2.99. The summed E-state index contributed by atoms with van der Waals surface area (Å²) in [6.07, 6.45) is 1.89. The molecule has 5 nitrogen and oxygen atoms in total. The Kier molecular flexibility index (Phi) is 5.28. The predicted molar refractivity (Wildman–Crippen MR) is 72.3 cm³/mol. The lowest BCUT2D eigenvalue weighted by atomic mass is 9.83. The number of aryl methyl sites for hydroxylation is 1. The van der Waals surface area contributed by atoms with Crippen molar-refractivity contribution in [3.05, 3.63) is 11.9 Å². The predicted octanol–water partition coefficient (Wildman–Crippen LogP) is 1.92. The van der Waals surface area contributed by atoms with Crippen LogP contribution in [0.4, 0.5) is 0 Å². The van der Waals surface area contributed by atoms with E-state index in [-0.39, 0.29) is 17.6 Å². The molecule has 1 N–H and O–H groups in total. The first-order chi connectivity index (χ1) is 8.41. The summed E-state index contributed by atoms with van der Waals surface area (Å²) in [7, 11) is 1.92. The third-order valence-corrected chi connectivity index (χ3v) is 2.99. The lowest BCUT2D eigenvalue weighted by Gasteiger charge is -2.36. The monoisotopic (exact) mass is 254 g/mol. The summed E-state index contributed by atoms with van der Waals surface area (Å²) in [5.41, 5.74) is 1.11. The summed E-state index contributed by atoms with van der Waals surface area (Å²) in [5, 5.41) is 11.5. The van der Waals surface area contributed by atoms with Gasteiger partial charge in [0, 0.05) is 13.7 Å². The standard InChI is InChI=1S/C13H26N4O/c1-7-14-11(10-9-15-16-17(10)6)12(18-8-2)13(3,4)5/h9,11-12,14H,7-8H2,1-6H3. The molecule has 0 aliphatic carbocycles. The van der Waals surface area contributed by atoms with Crippen LogP contribution < -0.4 is 5.32 Å². The van der Waals surface area contributed by atoms with Crippen LogP contribution in [0.5, 0.6) is 0 Å². The molecule has 2 unspecified atom stereocenters. The molecule has 1 aromatic rings. The summed E-state index contributed by atoms with van der Waals surface area (Å²) in [5.74, 6) is 0. The van der Waals surface area contributed by atoms with Crippen LogP contribution in [-0.4, -0.2) is 34.2 Å². The third kappa shape index (κ3) is 3.53. The molecule has 1 heterocycles. The van der Waals surface area contributed by atoms with Gasteiger partial charge < -0.3 is 10.1 Å². The Morgan fingerprint density at radius 2 is 2.06 bits per heavy atom. The molecule has 0 radical (unpaired) electrons. The topological polar surface area (TPSA) is 52.0 Å². The Morgan fingerprint density at radius 1 is 1.39 bits per heavy atom. The number of hydrogen-bond acceptors (Lipinski definition) is 4. The van der Waals surface area contributed by atoms with Crippen molar-refractivity contribution in [3.8, 4) is 0 Å². The second-order valence-corrected chi connectivity index (χ2v) is 5.56. The summed E-state index contributed by atoms with van der Waals surface area (Å²) in [6.45, 7) is 12.3. The molecule has 18 heavy (non-hydrogen) atoms. The Hall–Kier alpha value is -0.940. The van der Waals surface area contributed by atoms with E-state index < -0.39 is 0 Å². The van der Waals surface area contributed by atoms with Gasteiger partial charge >= 0.3 is 0 Å². The van der Waals surface area contributed by atoms with Gasteiger partial charge in [0.05, 0.1) is 24.0 Å². The van der Waals surface area contributed by atoms with Gasteiger partial charge in [-0.3, -0.25) is 4.68 Å². The lowest BCUT2D eigenvalue weighted by molar-refractivity contribution is -0.0379. The quantitative estimate of drug-likeness (QED) is 0.842. The van der Waals surface area contributed by atoms with Gasteiger partial charge in [-0.05, 0) is 18.9 Å². The minimum Gasteiger partial charge on any atom is -0.376 e. The number of nitrogens with zero attached hydrogens (tertiary/aromatic N) is 3. The van der Waals surface area contributed by atoms with Crippen LogP contribution in [0.15, 0.2) is 6.20 Å². The molecule has 5 heteroatoms. The SMILES string of the molecule is CCNC(c1cnnn1C)C(OCC)C(C)(C)C. The van der Waals surface area contributed by atoms with E-state index in [1.807, 2.05) is 24.9 Å². The fourth-order valence-electron chi connectivity index (χ4n) is 2.19. The van der Waals surface area contributed by atoms with Crippen molar-refractivity contribution in [2.75, 3.05) is 13.2 Å². The zero-order chi connectivity index (χ0) is 13.8. The maximum atomic E-state index is 5.97. The molecule has 1 aromatic heterocycles. The highest BCUT2D eigenvalue weighted by molar-refractivity contribution is 5.07. The van der Waals surface area contributed by atoms with Crippen molar-refractivity contribution in [3.63, 3.8) is 0 Å². The fourth-order valence-corrected chi connectivity index (χ4v) is 2.19. The lowest BCUT2D eigenvalue weighted by Crippen LogP contribution is -2.43. The van der Waals surface area contributed by atoms with Gasteiger partial charge in [0.1, 0.15) is 0 Å². The molecule has 0 fully saturated rings. The van der Waals surface area contributed by atoms with E-state index in [2.05, 4.69) is 43.3 Å². The number of rotatable bonds is 6. The molecule has 2 atom stereocenters. The average molecular weight is 254 g/mol. The van der Waals surface area contributed by atoms with E-state index >= 15 is 0 Å². The smallest absolute Gasteiger partial charge is 0.0833 e. The van der Waals surface area contributed by atoms with Crippen molar-refractivity contribution < 1.29 is 4.74 Å². The van der Waals surface area contributed by atoms with Crippen LogP contribution in [0.25, 0.3) is 0 Å². The van der Waals surface area contributed by atoms with Crippen molar-refractivity contribution in [1.82, 2.24) is 20.3 Å². The van der Waals surface area contributed by atoms with Crippen molar-refractivity contribution in [2.45, 2.75) is 46.8 Å². The van der Waals surface area contributed by atoms with Crippen LogP contribution in [0.3, 0.4) is 0 Å². The summed E-state index contributed by atoms with van der Waals surface area (Å²) in [4.78, 5) is 0. The van der Waals surface area contributed by atoms with Crippen LogP contribution >= 0.6 is 0 Å². The van der Waals surface area contributed by atoms with Gasteiger partial charge in [-0.25, -0.2) is 0 Å². The highest BCUT2D eigenvalue weighted by Gasteiger charge is 2.35. The molecule has 0 aliphatic heterocycles. The molecule has 0 aliphatic rings. The molecule has 104 valence electrons. The number of aromatic nitrogens is 3. The van der Waals surface area contributed by atoms with Crippen LogP contribution in [0, 0.1) is 5.41 Å². The molecule has 1 rings (SSSR count). The minimum atomic E-state index is 0.0487. The maximum Gasteiger partial charge on any atom is 0.0833 e. The van der Waals surface area contributed by atoms with Gasteiger partial charge in [0.15, 0.2) is 0 Å². The Balaban J connectivity index is 3.05. The Labute approximate surface area is 110 Å². The molecular formula is C13H26N4O. The van der Waals surface area contributed by atoms with E-state index in [0.29, 0.717) is 6.61 Å².